The normalized spacial score (nSPS) is 14.8. The van der Waals surface area contributed by atoms with E-state index >= 15 is 120 Å². The maximum atomic E-state index is 16.3. The van der Waals surface area contributed by atoms with Crippen LogP contribution in [0.3, 0.4) is 0 Å². The molecule has 11 rings (SSSR count). The second kappa shape index (κ2) is 30.9. The highest BCUT2D eigenvalue weighted by Crippen LogP contribution is 2.60. The number of rotatable bonds is 19. The summed E-state index contributed by atoms with van der Waals surface area (Å²) in [4.78, 5) is 91.6. The van der Waals surface area contributed by atoms with Gasteiger partial charge >= 0.3 is 61.5 Å². The third-order valence-corrected chi connectivity index (χ3v) is 19.2. The van der Waals surface area contributed by atoms with Gasteiger partial charge < -0.3 is 33.3 Å². The fraction of sp³-hybridized carbons (Fsp3) is 0.341. The summed E-state index contributed by atoms with van der Waals surface area (Å²) in [6.45, 7) is 18.0. The van der Waals surface area contributed by atoms with Crippen LogP contribution in [0.4, 0.5) is 110 Å². The number of nitrogens with zero attached hydrogens (tertiary/aromatic N) is 2. The topological polar surface area (TPSA) is 164 Å². The average molecular weight is 1720 g/mol. The lowest BCUT2D eigenvalue weighted by molar-refractivity contribution is -0.150. The highest BCUT2D eigenvalue weighted by molar-refractivity contribution is 6.44. The second-order valence-corrected chi connectivity index (χ2v) is 30.3. The Morgan fingerprint density at radius 2 is 0.700 bits per heavy atom. The zero-order valence-corrected chi connectivity index (χ0v) is 63.3. The number of imide groups is 1. The molecule has 0 aliphatic carbocycles. The first kappa shape index (κ1) is 89.3. The van der Waals surface area contributed by atoms with E-state index in [1.165, 1.54) is 41.5 Å². The zero-order chi connectivity index (χ0) is 89.3. The zero-order valence-electron chi connectivity index (χ0n) is 63.3. The fourth-order valence-corrected chi connectivity index (χ4v) is 14.0. The molecule has 0 N–H and O–H groups in total. The van der Waals surface area contributed by atoms with Crippen molar-refractivity contribution < 1.29 is 163 Å². The van der Waals surface area contributed by atoms with Crippen LogP contribution in [0.5, 0.6) is 46.0 Å². The first-order chi connectivity index (χ1) is 54.9. The van der Waals surface area contributed by atoms with E-state index in [1.54, 1.807) is 6.92 Å². The molecule has 1 saturated heterocycles. The maximum absolute atomic E-state index is 16.3. The molecule has 640 valence electrons. The predicted octanol–water partition coefficient (Wildman–Crippen LogP) is 26.1. The van der Waals surface area contributed by atoms with Gasteiger partial charge in [-0.05, 0) is 189 Å². The van der Waals surface area contributed by atoms with E-state index in [4.69, 9.17) is 28.4 Å². The van der Waals surface area contributed by atoms with Crippen molar-refractivity contribution in [3.8, 4) is 46.0 Å². The van der Waals surface area contributed by atoms with Gasteiger partial charge in [0.25, 0.3) is 11.8 Å². The minimum atomic E-state index is -5.84. The summed E-state index contributed by atoms with van der Waals surface area (Å²) in [6.07, 6.45) is -49.3. The SMILES string of the molecule is C=C(CCC(CCC)C(=C)C(=O)c1cc(Oc2cc(C(F)(F)F)cc(C(F)(F)F)c2)c2c3c(Oc4cc(C(F)(F)F)cc(C(F)(F)F)c4)cc4c5c(cc(Oc6cc(C(F)(F)F)cc(C(F)(F)F)c6)c(c6c(Oc7cc(C(F)(F)F)cc(C(F)(F)F)c7)cc(C(C)=O)c1c62)c53)C(=O)N(C1CCN(C(=O)OC(C)(C)C)CC1)C4=O)C(=O)OC(C)(C)C. The first-order valence-corrected chi connectivity index (χ1v) is 35.7. The highest BCUT2D eigenvalue weighted by atomic mass is 19.4. The molecule has 120 heavy (non-hydrogen) atoms. The molecular formula is C82H62F24N2O12. The van der Waals surface area contributed by atoms with Crippen LogP contribution >= 0.6 is 0 Å². The number of allylic oxidation sites excluding steroid dienone is 1. The average Bonchev–Trinajstić information content (AvgIpc) is 0.672. The van der Waals surface area contributed by atoms with Gasteiger partial charge in [0.05, 0.1) is 55.6 Å². The largest absolute Gasteiger partial charge is 0.457 e. The summed E-state index contributed by atoms with van der Waals surface area (Å²) in [5.74, 6) is -20.7. The van der Waals surface area contributed by atoms with Crippen molar-refractivity contribution >= 4 is 78.5 Å². The van der Waals surface area contributed by atoms with Crippen LogP contribution in [0.1, 0.15) is 180 Å². The van der Waals surface area contributed by atoms with Crippen LogP contribution in [-0.2, 0) is 63.7 Å². The third kappa shape index (κ3) is 18.6. The van der Waals surface area contributed by atoms with Crippen molar-refractivity contribution in [2.75, 3.05) is 13.1 Å². The number of amides is 3. The minimum absolute atomic E-state index is 0.0786. The molecule has 38 heteroatoms. The van der Waals surface area contributed by atoms with Crippen molar-refractivity contribution in [1.82, 2.24) is 9.80 Å². The summed E-state index contributed by atoms with van der Waals surface area (Å²) in [5, 5.41) is -9.71. The standard InChI is InChI=1S/C82H62F24N2O12/c1-11-12-38(14-13-35(2)71(113)119-73(5,6)7)36(3)68(110)53-32-57(116-49-25-41(77(89,90)91)20-42(26-49)78(92,93)94)63-65-59(118-51-29-45(81(101,102)103)22-46(30-51)82(104,105)106)34-55-61-54(69(111)108(70(55)112)47-15-17-107(18-16-47)72(114)120-74(8,9)10)33-58(117-50-27-43(79(95,96)97)21-44(28-50)80(98,99)100)64(67(61)65)62-56(31-52(37(4)109)60(53)66(62)63)115-48-23-39(75(83,84)85)19-40(24-48)76(86,87)88/h19-34,38,47H,2-3,11-18H2,1,4-10H3. The number of esters is 1. The predicted molar refractivity (Wildman–Crippen MR) is 381 cm³/mol. The van der Waals surface area contributed by atoms with E-state index in [2.05, 4.69) is 13.2 Å². The second-order valence-electron chi connectivity index (χ2n) is 30.3. The van der Waals surface area contributed by atoms with Gasteiger partial charge in [-0.2, -0.15) is 105 Å². The molecule has 0 radical (unpaired) electrons. The van der Waals surface area contributed by atoms with E-state index in [0.29, 0.717) is 36.1 Å². The molecule has 2 aliphatic heterocycles. The Morgan fingerprint density at radius 3 is 0.992 bits per heavy atom. The van der Waals surface area contributed by atoms with Crippen LogP contribution in [0, 0.1) is 5.92 Å². The summed E-state index contributed by atoms with van der Waals surface area (Å²) in [7, 11) is 0. The molecule has 1 fully saturated rings. The van der Waals surface area contributed by atoms with Gasteiger partial charge in [-0.3, -0.25) is 24.1 Å². The number of hydrogen-bond donors (Lipinski definition) is 0. The summed E-state index contributed by atoms with van der Waals surface area (Å²) < 4.78 is 398. The van der Waals surface area contributed by atoms with E-state index in [0.717, 1.165) is 4.90 Å². The van der Waals surface area contributed by atoms with Gasteiger partial charge in [-0.1, -0.05) is 26.5 Å². The number of hydrogen-bond acceptors (Lipinski definition) is 12. The van der Waals surface area contributed by atoms with Crippen LogP contribution in [-0.4, -0.2) is 75.6 Å². The van der Waals surface area contributed by atoms with Crippen LogP contribution in [0.25, 0.3) is 43.1 Å². The Bertz CT molecular complexity index is 5430. The van der Waals surface area contributed by atoms with Crippen molar-refractivity contribution in [2.24, 2.45) is 5.92 Å². The Hall–Kier alpha value is -11.5. The molecule has 0 saturated carbocycles. The Morgan fingerprint density at radius 1 is 0.400 bits per heavy atom. The molecule has 2 heterocycles. The number of ether oxygens (including phenoxy) is 6. The number of ketones is 2. The third-order valence-electron chi connectivity index (χ3n) is 19.2. The smallest absolute Gasteiger partial charge is 0.416 e. The molecule has 0 spiro atoms. The van der Waals surface area contributed by atoms with Crippen molar-refractivity contribution in [3.63, 3.8) is 0 Å². The number of alkyl halides is 24. The molecule has 1 unspecified atom stereocenters. The van der Waals surface area contributed by atoms with Crippen LogP contribution in [0.2, 0.25) is 0 Å². The van der Waals surface area contributed by atoms with Crippen molar-refractivity contribution in [1.29, 1.82) is 0 Å². The van der Waals surface area contributed by atoms with Crippen LogP contribution in [0.15, 0.2) is 121 Å². The highest BCUT2D eigenvalue weighted by Gasteiger charge is 2.47. The number of Topliss-reactive ketones (excluding diaryl/α,β-unsaturated/α-hetero) is 2. The maximum Gasteiger partial charge on any atom is 0.416 e. The van der Waals surface area contributed by atoms with E-state index in [9.17, 15) is 14.4 Å². The molecule has 9 aromatic rings. The molecule has 3 amide bonds. The van der Waals surface area contributed by atoms with Gasteiger partial charge in [0.1, 0.15) is 57.2 Å². The molecule has 0 aromatic heterocycles. The molecule has 0 bridgehead atoms. The summed E-state index contributed by atoms with van der Waals surface area (Å²) >= 11 is 0. The minimum Gasteiger partial charge on any atom is -0.457 e. The van der Waals surface area contributed by atoms with Crippen LogP contribution < -0.4 is 18.9 Å². The lowest BCUT2D eigenvalue weighted by Gasteiger charge is -2.39. The molecular weight excluding hydrogens is 1660 g/mol. The van der Waals surface area contributed by atoms with Crippen molar-refractivity contribution in [2.45, 2.75) is 161 Å². The van der Waals surface area contributed by atoms with Crippen molar-refractivity contribution in [3.05, 3.63) is 188 Å². The number of likely N-dealkylation sites (tertiary alicyclic amines) is 1. The lowest BCUT2D eigenvalue weighted by atomic mass is 9.79. The number of carbonyl (C=O) groups is 6. The van der Waals surface area contributed by atoms with Gasteiger partial charge in [0.2, 0.25) is 0 Å². The van der Waals surface area contributed by atoms with Gasteiger partial charge in [0.15, 0.2) is 11.6 Å². The Labute approximate surface area is 662 Å². The fourth-order valence-electron chi connectivity index (χ4n) is 14.0. The number of carbonyl (C=O) groups excluding carboxylic acids is 6. The van der Waals surface area contributed by atoms with E-state index in [1.807, 2.05) is 0 Å². The Balaban J connectivity index is 1.44. The quantitative estimate of drug-likeness (QED) is 0.0143. The Kier molecular flexibility index (Phi) is 23.0. The molecule has 1 atom stereocenters. The summed E-state index contributed by atoms with van der Waals surface area (Å²) in [6, 6.07) is -2.68. The first-order valence-electron chi connectivity index (χ1n) is 35.7. The monoisotopic (exact) mass is 1720 g/mol. The number of fused-ring (bicyclic) bond motifs is 2. The number of benzene rings is 9. The number of halogens is 24. The van der Waals surface area contributed by atoms with Gasteiger partial charge in [0, 0.05) is 78.9 Å². The molecule has 2 aliphatic rings. The number of piperidine rings is 1. The van der Waals surface area contributed by atoms with E-state index < -0.39 is 320 Å². The van der Waals surface area contributed by atoms with E-state index in [-0.39, 0.29) is 79.8 Å². The molecule has 9 aromatic carbocycles. The molecule has 14 nitrogen and oxygen atoms in total. The van der Waals surface area contributed by atoms with Gasteiger partial charge in [-0.15, -0.1) is 0 Å². The lowest BCUT2D eigenvalue weighted by Crippen LogP contribution is -2.52. The van der Waals surface area contributed by atoms with Gasteiger partial charge in [-0.25, -0.2) is 9.59 Å². The summed E-state index contributed by atoms with van der Waals surface area (Å²) in [5.41, 5.74) is -25.3.